The number of carbonyl (C=O) groups is 1. The molecule has 1 saturated carbocycles. The third-order valence-corrected chi connectivity index (χ3v) is 4.06. The fourth-order valence-electron chi connectivity index (χ4n) is 2.78. The molecule has 6 heteroatoms. The van der Waals surface area contributed by atoms with Gasteiger partial charge in [-0.3, -0.25) is 9.48 Å². The Morgan fingerprint density at radius 2 is 2.21 bits per heavy atom. The first kappa shape index (κ1) is 13.9. The molecular formula is C13H22N4O2. The van der Waals surface area contributed by atoms with Gasteiger partial charge in [-0.05, 0) is 12.8 Å². The third kappa shape index (κ3) is 2.89. The van der Waals surface area contributed by atoms with Gasteiger partial charge in [-0.1, -0.05) is 19.3 Å². The fraction of sp³-hybridized carbons (Fsp3) is 0.692. The molecule has 1 aromatic rings. The summed E-state index contributed by atoms with van der Waals surface area (Å²) in [5.41, 5.74) is 6.31. The molecule has 0 spiro atoms. The van der Waals surface area contributed by atoms with E-state index in [0.717, 1.165) is 25.7 Å². The molecule has 1 amide bonds. The zero-order chi connectivity index (χ0) is 13.9. The summed E-state index contributed by atoms with van der Waals surface area (Å²) in [4.78, 5) is 12.1. The van der Waals surface area contributed by atoms with Gasteiger partial charge in [0.2, 0.25) is 0 Å². The normalized spacial score (nSPS) is 18.2. The molecule has 0 atom stereocenters. The second-order valence-corrected chi connectivity index (χ2v) is 5.47. The molecule has 6 nitrogen and oxygen atoms in total. The van der Waals surface area contributed by atoms with Crippen LogP contribution in [0.15, 0.2) is 6.20 Å². The first-order valence-electron chi connectivity index (χ1n) is 6.74. The van der Waals surface area contributed by atoms with Crippen LogP contribution in [0.4, 0.5) is 5.69 Å². The molecule has 0 bridgehead atoms. The summed E-state index contributed by atoms with van der Waals surface area (Å²) in [7, 11) is 1.69. The van der Waals surface area contributed by atoms with Gasteiger partial charge >= 0.3 is 0 Å². The minimum atomic E-state index is -0.226. The van der Waals surface area contributed by atoms with E-state index in [-0.39, 0.29) is 17.9 Å². The van der Waals surface area contributed by atoms with E-state index < -0.39 is 0 Å². The maximum atomic E-state index is 12.1. The number of aliphatic hydroxyl groups is 1. The minimum absolute atomic E-state index is 0.119. The number of rotatable bonds is 4. The Kier molecular flexibility index (Phi) is 4.09. The number of aromatic nitrogens is 2. The van der Waals surface area contributed by atoms with E-state index in [1.165, 1.54) is 17.3 Å². The highest BCUT2D eigenvalue weighted by Crippen LogP contribution is 2.35. The molecule has 1 fully saturated rings. The number of amides is 1. The molecule has 0 saturated heterocycles. The zero-order valence-corrected chi connectivity index (χ0v) is 11.4. The first-order valence-corrected chi connectivity index (χ1v) is 6.74. The Bertz CT molecular complexity index is 430. The summed E-state index contributed by atoms with van der Waals surface area (Å²) in [6.07, 6.45) is 6.84. The van der Waals surface area contributed by atoms with Crippen molar-refractivity contribution in [1.82, 2.24) is 15.1 Å². The number of nitrogens with two attached hydrogens (primary N) is 1. The predicted octanol–water partition coefficient (Wildman–Crippen LogP) is 0.675. The molecule has 106 valence electrons. The van der Waals surface area contributed by atoms with Gasteiger partial charge in [-0.15, -0.1) is 0 Å². The van der Waals surface area contributed by atoms with Crippen LogP contribution in [0.2, 0.25) is 0 Å². The number of hydrogen-bond donors (Lipinski definition) is 3. The van der Waals surface area contributed by atoms with Gasteiger partial charge in [0.05, 0.1) is 18.5 Å². The van der Waals surface area contributed by atoms with Crippen LogP contribution >= 0.6 is 0 Å². The zero-order valence-electron chi connectivity index (χ0n) is 11.4. The van der Waals surface area contributed by atoms with Gasteiger partial charge in [0.15, 0.2) is 0 Å². The van der Waals surface area contributed by atoms with Crippen LogP contribution in [0, 0.1) is 5.41 Å². The summed E-state index contributed by atoms with van der Waals surface area (Å²) < 4.78 is 1.47. The summed E-state index contributed by atoms with van der Waals surface area (Å²) in [5.74, 6) is -0.226. The molecule has 19 heavy (non-hydrogen) atoms. The van der Waals surface area contributed by atoms with Crippen molar-refractivity contribution < 1.29 is 9.90 Å². The number of nitrogen functional groups attached to an aromatic ring is 1. The van der Waals surface area contributed by atoms with Gasteiger partial charge in [0, 0.05) is 19.0 Å². The van der Waals surface area contributed by atoms with E-state index in [9.17, 15) is 9.90 Å². The van der Waals surface area contributed by atoms with E-state index in [0.29, 0.717) is 17.9 Å². The molecule has 1 heterocycles. The maximum absolute atomic E-state index is 12.1. The molecular weight excluding hydrogens is 244 g/mol. The number of carbonyl (C=O) groups excluding carboxylic acids is 1. The van der Waals surface area contributed by atoms with Crippen LogP contribution in [0.1, 0.15) is 42.6 Å². The molecule has 1 aromatic heterocycles. The monoisotopic (exact) mass is 266 g/mol. The van der Waals surface area contributed by atoms with Crippen LogP contribution in [0.3, 0.4) is 0 Å². The summed E-state index contributed by atoms with van der Waals surface area (Å²) in [6.45, 7) is 0.612. The van der Waals surface area contributed by atoms with Crippen molar-refractivity contribution >= 4 is 11.6 Å². The Balaban J connectivity index is 2.00. The molecule has 0 radical (unpaired) electrons. The van der Waals surface area contributed by atoms with Gasteiger partial charge in [-0.2, -0.15) is 5.10 Å². The van der Waals surface area contributed by atoms with E-state index >= 15 is 0 Å². The average Bonchev–Trinajstić information content (AvgIpc) is 2.77. The number of nitrogens with zero attached hydrogens (tertiary/aromatic N) is 2. The molecule has 1 aliphatic carbocycles. The summed E-state index contributed by atoms with van der Waals surface area (Å²) >= 11 is 0. The highest BCUT2D eigenvalue weighted by Gasteiger charge is 2.32. The molecule has 4 N–H and O–H groups in total. The van der Waals surface area contributed by atoms with Gasteiger partial charge in [0.1, 0.15) is 5.69 Å². The van der Waals surface area contributed by atoms with Crippen LogP contribution in [0.5, 0.6) is 0 Å². The lowest BCUT2D eigenvalue weighted by molar-refractivity contribution is 0.0714. The number of hydrogen-bond acceptors (Lipinski definition) is 4. The lowest BCUT2D eigenvalue weighted by Gasteiger charge is -2.35. The molecule has 0 aliphatic heterocycles. The largest absolute Gasteiger partial charge is 0.396 e. The van der Waals surface area contributed by atoms with Crippen molar-refractivity contribution in [3.05, 3.63) is 11.9 Å². The molecule has 0 unspecified atom stereocenters. The molecule has 2 rings (SSSR count). The van der Waals surface area contributed by atoms with Crippen molar-refractivity contribution in [2.45, 2.75) is 32.1 Å². The maximum Gasteiger partial charge on any atom is 0.271 e. The lowest BCUT2D eigenvalue weighted by Crippen LogP contribution is -2.42. The highest BCUT2D eigenvalue weighted by atomic mass is 16.3. The van der Waals surface area contributed by atoms with Gasteiger partial charge in [-0.25, -0.2) is 0 Å². The predicted molar refractivity (Wildman–Crippen MR) is 72.6 cm³/mol. The van der Waals surface area contributed by atoms with Crippen LogP contribution in [0.25, 0.3) is 0 Å². The van der Waals surface area contributed by atoms with Crippen molar-refractivity contribution in [2.75, 3.05) is 18.9 Å². The van der Waals surface area contributed by atoms with Crippen molar-refractivity contribution in [3.63, 3.8) is 0 Å². The highest BCUT2D eigenvalue weighted by molar-refractivity contribution is 5.97. The van der Waals surface area contributed by atoms with Crippen LogP contribution < -0.4 is 11.1 Å². The minimum Gasteiger partial charge on any atom is -0.396 e. The standard InChI is InChI=1S/C13H22N4O2/c1-17-11(10(14)7-16-17)12(19)15-8-13(9-18)5-3-2-4-6-13/h7,18H,2-6,8-9,14H2,1H3,(H,15,19). The number of aryl methyl sites for hydroxylation is 1. The van der Waals surface area contributed by atoms with Gasteiger partial charge < -0.3 is 16.2 Å². The van der Waals surface area contributed by atoms with Crippen molar-refractivity contribution in [2.24, 2.45) is 12.5 Å². The van der Waals surface area contributed by atoms with Crippen LogP contribution in [-0.2, 0) is 7.05 Å². The number of aliphatic hydroxyl groups excluding tert-OH is 1. The van der Waals surface area contributed by atoms with E-state index in [1.807, 2.05) is 0 Å². The second-order valence-electron chi connectivity index (χ2n) is 5.47. The SMILES string of the molecule is Cn1ncc(N)c1C(=O)NCC1(CO)CCCCC1. The second kappa shape index (κ2) is 5.61. The quantitative estimate of drug-likeness (QED) is 0.747. The Morgan fingerprint density at radius 1 is 1.53 bits per heavy atom. The third-order valence-electron chi connectivity index (χ3n) is 4.06. The van der Waals surface area contributed by atoms with Gasteiger partial charge in [0.25, 0.3) is 5.91 Å². The number of nitrogens with one attached hydrogen (secondary N) is 1. The van der Waals surface area contributed by atoms with Crippen molar-refractivity contribution in [3.8, 4) is 0 Å². The van der Waals surface area contributed by atoms with Crippen molar-refractivity contribution in [1.29, 1.82) is 0 Å². The van der Waals surface area contributed by atoms with E-state index in [1.54, 1.807) is 7.05 Å². The first-order chi connectivity index (χ1) is 9.08. The number of anilines is 1. The van der Waals surface area contributed by atoms with E-state index in [2.05, 4.69) is 10.4 Å². The fourth-order valence-corrected chi connectivity index (χ4v) is 2.78. The Hall–Kier alpha value is -1.56. The average molecular weight is 266 g/mol. The summed E-state index contributed by atoms with van der Waals surface area (Å²) in [6, 6.07) is 0. The van der Waals surface area contributed by atoms with E-state index in [4.69, 9.17) is 5.73 Å². The lowest BCUT2D eigenvalue weighted by atomic mass is 9.74. The van der Waals surface area contributed by atoms with Crippen LogP contribution in [-0.4, -0.2) is 33.9 Å². The smallest absolute Gasteiger partial charge is 0.271 e. The summed E-state index contributed by atoms with van der Waals surface area (Å²) in [5, 5.41) is 16.4. The molecule has 1 aliphatic rings. The molecule has 0 aromatic carbocycles. The Labute approximate surface area is 113 Å². The Morgan fingerprint density at radius 3 is 2.74 bits per heavy atom. The topological polar surface area (TPSA) is 93.2 Å².